The summed E-state index contributed by atoms with van der Waals surface area (Å²) >= 11 is 6.23. The molecule has 1 saturated carbocycles. The Balaban J connectivity index is 1.60. The van der Waals surface area contributed by atoms with Crippen LogP contribution >= 0.6 is 11.6 Å². The average molecular weight is 410 g/mol. The standard InChI is InChI=1S/C22H17ClFN3O2/c23-13-8-9-20-17(10-13)21(16-6-1-2-7-18(16)24)25-12-14-11-19(26-27(14)20)22(28)29-15-4-3-5-15/h1-2,6-11,15H,3-5,12H2. The van der Waals surface area contributed by atoms with Gasteiger partial charge in [-0.1, -0.05) is 23.7 Å². The Labute approximate surface area is 171 Å². The number of halogens is 2. The lowest BCUT2D eigenvalue weighted by molar-refractivity contribution is 0.00832. The number of hydrogen-bond acceptors (Lipinski definition) is 4. The third-order valence-corrected chi connectivity index (χ3v) is 5.52. The summed E-state index contributed by atoms with van der Waals surface area (Å²) in [5.74, 6) is -0.787. The molecule has 5 rings (SSSR count). The lowest BCUT2D eigenvalue weighted by atomic mass is 9.96. The van der Waals surface area contributed by atoms with Crippen LogP contribution in [0.2, 0.25) is 5.02 Å². The minimum atomic E-state index is -0.427. The lowest BCUT2D eigenvalue weighted by Crippen LogP contribution is -2.25. The maximum absolute atomic E-state index is 14.5. The van der Waals surface area contributed by atoms with Gasteiger partial charge in [-0.25, -0.2) is 13.9 Å². The van der Waals surface area contributed by atoms with Crippen molar-refractivity contribution < 1.29 is 13.9 Å². The molecule has 0 atom stereocenters. The first-order chi connectivity index (χ1) is 14.1. The number of nitrogens with zero attached hydrogens (tertiary/aromatic N) is 3. The van der Waals surface area contributed by atoms with Gasteiger partial charge in [-0.2, -0.15) is 5.10 Å². The molecule has 0 unspecified atom stereocenters. The van der Waals surface area contributed by atoms with Crippen molar-refractivity contribution in [1.29, 1.82) is 0 Å². The summed E-state index contributed by atoms with van der Waals surface area (Å²) in [4.78, 5) is 17.1. The van der Waals surface area contributed by atoms with E-state index in [1.54, 1.807) is 47.1 Å². The van der Waals surface area contributed by atoms with E-state index in [0.29, 0.717) is 27.5 Å². The van der Waals surface area contributed by atoms with Gasteiger partial charge in [-0.05, 0) is 55.7 Å². The average Bonchev–Trinajstić information content (AvgIpc) is 3.04. The minimum Gasteiger partial charge on any atom is -0.458 e. The molecule has 1 aliphatic heterocycles. The quantitative estimate of drug-likeness (QED) is 0.588. The molecule has 0 spiro atoms. The first-order valence-electron chi connectivity index (χ1n) is 9.50. The number of carbonyl (C=O) groups is 1. The molecule has 0 bridgehead atoms. The predicted octanol–water partition coefficient (Wildman–Crippen LogP) is 4.73. The van der Waals surface area contributed by atoms with Gasteiger partial charge in [0.05, 0.1) is 23.6 Å². The highest BCUT2D eigenvalue weighted by molar-refractivity contribution is 6.31. The van der Waals surface area contributed by atoms with Crippen LogP contribution < -0.4 is 0 Å². The van der Waals surface area contributed by atoms with E-state index in [0.717, 1.165) is 25.0 Å². The molecule has 2 aromatic carbocycles. The smallest absolute Gasteiger partial charge is 0.359 e. The van der Waals surface area contributed by atoms with Crippen molar-refractivity contribution in [3.63, 3.8) is 0 Å². The summed E-state index contributed by atoms with van der Waals surface area (Å²) in [5, 5.41) is 4.98. The number of hydrogen-bond donors (Lipinski definition) is 0. The molecule has 0 saturated heterocycles. The Hall–Kier alpha value is -2.99. The summed E-state index contributed by atoms with van der Waals surface area (Å²) in [6, 6.07) is 13.5. The monoisotopic (exact) mass is 409 g/mol. The zero-order valence-corrected chi connectivity index (χ0v) is 16.2. The van der Waals surface area contributed by atoms with Gasteiger partial charge in [0.25, 0.3) is 0 Å². The number of fused-ring (bicyclic) bond motifs is 3. The molecule has 2 heterocycles. The van der Waals surface area contributed by atoms with Gasteiger partial charge in [0.1, 0.15) is 11.9 Å². The van der Waals surface area contributed by atoms with Crippen LogP contribution in [0.15, 0.2) is 53.5 Å². The predicted molar refractivity (Wildman–Crippen MR) is 107 cm³/mol. The number of ether oxygens (including phenoxy) is 1. The third-order valence-electron chi connectivity index (χ3n) is 5.29. The van der Waals surface area contributed by atoms with Crippen LogP contribution in [0.3, 0.4) is 0 Å². The van der Waals surface area contributed by atoms with Crippen molar-refractivity contribution in [2.45, 2.75) is 31.9 Å². The lowest BCUT2D eigenvalue weighted by Gasteiger charge is -2.24. The molecule has 1 fully saturated rings. The van der Waals surface area contributed by atoms with E-state index in [4.69, 9.17) is 16.3 Å². The van der Waals surface area contributed by atoms with E-state index >= 15 is 0 Å². The molecular weight excluding hydrogens is 393 g/mol. The second-order valence-corrected chi connectivity index (χ2v) is 7.63. The van der Waals surface area contributed by atoms with Gasteiger partial charge in [0, 0.05) is 16.1 Å². The summed E-state index contributed by atoms with van der Waals surface area (Å²) in [6.07, 6.45) is 2.87. The summed E-state index contributed by atoms with van der Waals surface area (Å²) in [6.45, 7) is 0.250. The Bertz CT molecular complexity index is 1150. The van der Waals surface area contributed by atoms with Crippen molar-refractivity contribution in [1.82, 2.24) is 9.78 Å². The van der Waals surface area contributed by atoms with E-state index in [2.05, 4.69) is 10.1 Å². The SMILES string of the molecule is O=C(OC1CCC1)c1cc2n(n1)-c1ccc(Cl)cc1C(c1ccccc1F)=NC2. The van der Waals surface area contributed by atoms with E-state index in [-0.39, 0.29) is 24.2 Å². The van der Waals surface area contributed by atoms with Gasteiger partial charge >= 0.3 is 5.97 Å². The van der Waals surface area contributed by atoms with E-state index < -0.39 is 5.97 Å². The van der Waals surface area contributed by atoms with Crippen molar-refractivity contribution in [2.24, 2.45) is 4.99 Å². The molecule has 5 nitrogen and oxygen atoms in total. The molecule has 7 heteroatoms. The van der Waals surface area contributed by atoms with Gasteiger partial charge in [-0.15, -0.1) is 0 Å². The van der Waals surface area contributed by atoms with Crippen LogP contribution in [-0.2, 0) is 11.3 Å². The zero-order valence-electron chi connectivity index (χ0n) is 15.4. The maximum Gasteiger partial charge on any atom is 0.359 e. The fraction of sp³-hybridized carbons (Fsp3) is 0.227. The zero-order chi connectivity index (χ0) is 20.0. The molecule has 0 radical (unpaired) electrons. The molecule has 146 valence electrons. The van der Waals surface area contributed by atoms with Crippen molar-refractivity contribution in [3.05, 3.63) is 81.9 Å². The molecule has 29 heavy (non-hydrogen) atoms. The first kappa shape index (κ1) is 18.1. The maximum atomic E-state index is 14.5. The summed E-state index contributed by atoms with van der Waals surface area (Å²) < 4.78 is 21.6. The van der Waals surface area contributed by atoms with Crippen molar-refractivity contribution >= 4 is 23.3 Å². The van der Waals surface area contributed by atoms with Crippen LogP contribution in [0, 0.1) is 5.82 Å². The molecule has 1 aliphatic carbocycles. The van der Waals surface area contributed by atoms with Crippen LogP contribution in [0.25, 0.3) is 5.69 Å². The Morgan fingerprint density at radius 3 is 2.72 bits per heavy atom. The Kier molecular flexibility index (Phi) is 4.43. The second-order valence-electron chi connectivity index (χ2n) is 7.20. The third kappa shape index (κ3) is 3.23. The highest BCUT2D eigenvalue weighted by atomic mass is 35.5. The summed E-state index contributed by atoms with van der Waals surface area (Å²) in [5.41, 5.74) is 3.21. The Morgan fingerprint density at radius 2 is 1.97 bits per heavy atom. The van der Waals surface area contributed by atoms with E-state index in [1.807, 2.05) is 0 Å². The van der Waals surface area contributed by atoms with Crippen molar-refractivity contribution in [2.75, 3.05) is 0 Å². The van der Waals surface area contributed by atoms with Crippen LogP contribution in [0.1, 0.15) is 46.6 Å². The summed E-state index contributed by atoms with van der Waals surface area (Å²) in [7, 11) is 0. The van der Waals surface area contributed by atoms with E-state index in [1.165, 1.54) is 6.07 Å². The molecule has 2 aliphatic rings. The van der Waals surface area contributed by atoms with Gasteiger partial charge < -0.3 is 4.74 Å². The topological polar surface area (TPSA) is 56.5 Å². The van der Waals surface area contributed by atoms with Crippen LogP contribution in [0.5, 0.6) is 0 Å². The van der Waals surface area contributed by atoms with Gasteiger partial charge in [0.15, 0.2) is 5.69 Å². The molecule has 0 amide bonds. The number of aliphatic imine (C=N–C) groups is 1. The number of esters is 1. The number of benzene rings is 2. The number of carbonyl (C=O) groups excluding carboxylic acids is 1. The van der Waals surface area contributed by atoms with Crippen molar-refractivity contribution in [3.8, 4) is 5.69 Å². The highest BCUT2D eigenvalue weighted by Crippen LogP contribution is 2.29. The van der Waals surface area contributed by atoms with Crippen LogP contribution in [0.4, 0.5) is 4.39 Å². The second kappa shape index (κ2) is 7.12. The minimum absolute atomic E-state index is 0.0132. The van der Waals surface area contributed by atoms with Gasteiger partial charge in [-0.3, -0.25) is 4.99 Å². The largest absolute Gasteiger partial charge is 0.458 e. The fourth-order valence-corrected chi connectivity index (χ4v) is 3.72. The van der Waals surface area contributed by atoms with E-state index in [9.17, 15) is 9.18 Å². The Morgan fingerprint density at radius 1 is 1.14 bits per heavy atom. The number of rotatable bonds is 3. The molecule has 3 aromatic rings. The fourth-order valence-electron chi connectivity index (χ4n) is 3.55. The van der Waals surface area contributed by atoms with Crippen LogP contribution in [-0.4, -0.2) is 27.6 Å². The van der Waals surface area contributed by atoms with Gasteiger partial charge in [0.2, 0.25) is 0 Å². The molecular formula is C22H17ClFN3O2. The highest BCUT2D eigenvalue weighted by Gasteiger charge is 2.27. The number of aromatic nitrogens is 2. The molecule has 1 aromatic heterocycles. The normalized spacial score (nSPS) is 15.6. The first-order valence-corrected chi connectivity index (χ1v) is 9.87. The molecule has 0 N–H and O–H groups in total.